The molecule has 1 saturated heterocycles. The van der Waals surface area contributed by atoms with E-state index in [1.807, 2.05) is 36.4 Å². The highest BCUT2D eigenvalue weighted by Gasteiger charge is 2.21. The van der Waals surface area contributed by atoms with E-state index in [0.29, 0.717) is 18.2 Å². The van der Waals surface area contributed by atoms with Gasteiger partial charge in [0.25, 0.3) is 5.91 Å². The number of piperidine rings is 1. The molecule has 2 aromatic rings. The molecular weight excluding hydrogens is 336 g/mol. The third-order valence-electron chi connectivity index (χ3n) is 4.40. The van der Waals surface area contributed by atoms with E-state index in [1.165, 1.54) is 6.26 Å². The van der Waals surface area contributed by atoms with Gasteiger partial charge in [0.1, 0.15) is 0 Å². The Hall–Kier alpha value is -2.04. The highest BCUT2D eigenvalue weighted by molar-refractivity contribution is 6.31. The molecule has 0 radical (unpaired) electrons. The van der Waals surface area contributed by atoms with E-state index < -0.39 is 0 Å². The van der Waals surface area contributed by atoms with Crippen LogP contribution >= 0.6 is 11.6 Å². The number of hydrogen-bond acceptors (Lipinski definition) is 3. The lowest BCUT2D eigenvalue weighted by Crippen LogP contribution is -2.41. The Labute approximate surface area is 153 Å². The maximum atomic E-state index is 12.0. The van der Waals surface area contributed by atoms with E-state index in [4.69, 9.17) is 16.0 Å². The van der Waals surface area contributed by atoms with Crippen LogP contribution in [-0.4, -0.2) is 37.0 Å². The number of hydrogen-bond donors (Lipinski definition) is 1. The minimum atomic E-state index is -0.149. The van der Waals surface area contributed by atoms with Gasteiger partial charge in [0.15, 0.2) is 5.76 Å². The quantitative estimate of drug-likeness (QED) is 0.848. The van der Waals surface area contributed by atoms with Gasteiger partial charge in [-0.1, -0.05) is 41.9 Å². The summed E-state index contributed by atoms with van der Waals surface area (Å²) in [4.78, 5) is 14.3. The third kappa shape index (κ3) is 5.48. The van der Waals surface area contributed by atoms with Gasteiger partial charge in [0, 0.05) is 24.7 Å². The lowest BCUT2D eigenvalue weighted by Gasteiger charge is -2.32. The average molecular weight is 359 g/mol. The van der Waals surface area contributed by atoms with Gasteiger partial charge in [-0.2, -0.15) is 0 Å². The van der Waals surface area contributed by atoms with E-state index in [2.05, 4.69) is 10.2 Å². The van der Waals surface area contributed by atoms with E-state index in [9.17, 15) is 4.79 Å². The van der Waals surface area contributed by atoms with E-state index in [1.54, 1.807) is 12.1 Å². The fourth-order valence-electron chi connectivity index (χ4n) is 3.18. The molecule has 1 unspecified atom stereocenters. The van der Waals surface area contributed by atoms with Crippen LogP contribution in [0.5, 0.6) is 0 Å². The number of nitrogens with zero attached hydrogens (tertiary/aromatic N) is 1. The average Bonchev–Trinajstić information content (AvgIpc) is 3.15. The molecule has 1 N–H and O–H groups in total. The fraction of sp³-hybridized carbons (Fsp3) is 0.350. The van der Waals surface area contributed by atoms with Crippen molar-refractivity contribution in [3.8, 4) is 0 Å². The van der Waals surface area contributed by atoms with Crippen LogP contribution in [0.4, 0.5) is 0 Å². The zero-order valence-corrected chi connectivity index (χ0v) is 14.9. The minimum Gasteiger partial charge on any atom is -0.459 e. The molecule has 1 atom stereocenters. The summed E-state index contributed by atoms with van der Waals surface area (Å²) in [6.45, 7) is 3.40. The number of furan rings is 1. The summed E-state index contributed by atoms with van der Waals surface area (Å²) >= 11 is 6.43. The Morgan fingerprint density at radius 2 is 2.12 bits per heavy atom. The lowest BCUT2D eigenvalue weighted by molar-refractivity contribution is 0.0907. The van der Waals surface area contributed by atoms with Crippen LogP contribution in [0.25, 0.3) is 6.08 Å². The van der Waals surface area contributed by atoms with Crippen LogP contribution < -0.4 is 5.32 Å². The van der Waals surface area contributed by atoms with Crippen molar-refractivity contribution in [3.63, 3.8) is 0 Å². The Kier molecular flexibility index (Phi) is 6.31. The smallest absolute Gasteiger partial charge is 0.286 e. The molecule has 1 aromatic heterocycles. The summed E-state index contributed by atoms with van der Waals surface area (Å²) in [5.41, 5.74) is 1.12. The molecule has 0 spiro atoms. The fourth-order valence-corrected chi connectivity index (χ4v) is 3.48. The summed E-state index contributed by atoms with van der Waals surface area (Å²) < 4.78 is 5.12. The molecule has 25 heavy (non-hydrogen) atoms. The van der Waals surface area contributed by atoms with Crippen molar-refractivity contribution in [2.45, 2.75) is 12.8 Å². The van der Waals surface area contributed by atoms with Crippen LogP contribution in [-0.2, 0) is 0 Å². The number of benzene rings is 1. The van der Waals surface area contributed by atoms with Crippen LogP contribution in [0.15, 0.2) is 58.2 Å². The SMILES string of the molecule is O=C(NCC1CCCN(CC(Cl)=Cc2ccccc2)C1)c1ccco1. The molecule has 2 heterocycles. The number of nitrogens with one attached hydrogen (secondary N) is 1. The first kappa shape index (κ1) is 17.8. The zero-order chi connectivity index (χ0) is 17.5. The lowest BCUT2D eigenvalue weighted by atomic mass is 9.98. The summed E-state index contributed by atoms with van der Waals surface area (Å²) in [6.07, 6.45) is 5.77. The summed E-state index contributed by atoms with van der Waals surface area (Å²) in [5.74, 6) is 0.652. The second kappa shape index (κ2) is 8.88. The highest BCUT2D eigenvalue weighted by Crippen LogP contribution is 2.19. The topological polar surface area (TPSA) is 45.5 Å². The van der Waals surface area contributed by atoms with Gasteiger partial charge >= 0.3 is 0 Å². The molecular formula is C20H23ClN2O2. The number of halogens is 1. The van der Waals surface area contributed by atoms with Crippen molar-refractivity contribution in [2.75, 3.05) is 26.2 Å². The second-order valence-corrected chi connectivity index (χ2v) is 6.92. The highest BCUT2D eigenvalue weighted by atomic mass is 35.5. The van der Waals surface area contributed by atoms with Gasteiger partial charge in [0.05, 0.1) is 6.26 Å². The van der Waals surface area contributed by atoms with Gasteiger partial charge in [-0.05, 0) is 49.1 Å². The Morgan fingerprint density at radius 1 is 1.28 bits per heavy atom. The molecule has 1 amide bonds. The van der Waals surface area contributed by atoms with Gasteiger partial charge in [0.2, 0.25) is 0 Å². The first-order valence-electron chi connectivity index (χ1n) is 8.66. The largest absolute Gasteiger partial charge is 0.459 e. The predicted octanol–water partition coefficient (Wildman–Crippen LogP) is 4.00. The second-order valence-electron chi connectivity index (χ2n) is 6.43. The van der Waals surface area contributed by atoms with Crippen LogP contribution in [0, 0.1) is 5.92 Å². The van der Waals surface area contributed by atoms with Gasteiger partial charge in [-0.25, -0.2) is 0 Å². The Morgan fingerprint density at radius 3 is 2.88 bits per heavy atom. The van der Waals surface area contributed by atoms with Crippen LogP contribution in [0.2, 0.25) is 0 Å². The molecule has 3 rings (SSSR count). The summed E-state index contributed by atoms with van der Waals surface area (Å²) in [5, 5.41) is 3.80. The summed E-state index contributed by atoms with van der Waals surface area (Å²) in [6, 6.07) is 13.5. The van der Waals surface area contributed by atoms with Crippen LogP contribution in [0.3, 0.4) is 0 Å². The molecule has 0 saturated carbocycles. The van der Waals surface area contributed by atoms with Crippen molar-refractivity contribution >= 4 is 23.6 Å². The van der Waals surface area contributed by atoms with Crippen molar-refractivity contribution < 1.29 is 9.21 Å². The normalized spacial score (nSPS) is 18.9. The van der Waals surface area contributed by atoms with Gasteiger partial charge in [-0.15, -0.1) is 0 Å². The molecule has 1 aliphatic rings. The first-order chi connectivity index (χ1) is 12.2. The third-order valence-corrected chi connectivity index (χ3v) is 4.63. The number of carbonyl (C=O) groups is 1. The first-order valence-corrected chi connectivity index (χ1v) is 9.03. The van der Waals surface area contributed by atoms with E-state index in [-0.39, 0.29) is 5.91 Å². The van der Waals surface area contributed by atoms with Gasteiger partial charge < -0.3 is 9.73 Å². The molecule has 1 fully saturated rings. The van der Waals surface area contributed by atoms with Crippen molar-refractivity contribution in [1.82, 2.24) is 10.2 Å². The molecule has 0 aliphatic carbocycles. The van der Waals surface area contributed by atoms with Gasteiger partial charge in [-0.3, -0.25) is 9.69 Å². The molecule has 1 aliphatic heterocycles. The maximum Gasteiger partial charge on any atom is 0.286 e. The standard InChI is InChI=1S/C20H23ClN2O2/c21-18(12-16-6-2-1-3-7-16)15-23-10-4-8-17(14-23)13-22-20(24)19-9-5-11-25-19/h1-3,5-7,9,11-12,17H,4,8,10,13-15H2,(H,22,24). The maximum absolute atomic E-state index is 12.0. The number of likely N-dealkylation sites (tertiary alicyclic amines) is 1. The minimum absolute atomic E-state index is 0.149. The molecule has 1 aromatic carbocycles. The molecule has 0 bridgehead atoms. The summed E-state index contributed by atoms with van der Waals surface area (Å²) in [7, 11) is 0. The number of carbonyl (C=O) groups excluding carboxylic acids is 1. The molecule has 4 nitrogen and oxygen atoms in total. The number of rotatable bonds is 6. The van der Waals surface area contributed by atoms with Crippen LogP contribution in [0.1, 0.15) is 29.0 Å². The van der Waals surface area contributed by atoms with Crippen molar-refractivity contribution in [3.05, 3.63) is 65.1 Å². The van der Waals surface area contributed by atoms with Crippen molar-refractivity contribution in [1.29, 1.82) is 0 Å². The van der Waals surface area contributed by atoms with Crippen molar-refractivity contribution in [2.24, 2.45) is 5.92 Å². The molecule has 5 heteroatoms. The number of amides is 1. The monoisotopic (exact) mass is 358 g/mol. The van der Waals surface area contributed by atoms with E-state index >= 15 is 0 Å². The molecule has 132 valence electrons. The Balaban J connectivity index is 1.47. The van der Waals surface area contributed by atoms with E-state index in [0.717, 1.165) is 43.1 Å². The predicted molar refractivity (Wildman–Crippen MR) is 100 cm³/mol. The Bertz CT molecular complexity index is 698. The zero-order valence-electron chi connectivity index (χ0n) is 14.2.